The van der Waals surface area contributed by atoms with E-state index in [0.717, 1.165) is 17.0 Å². The van der Waals surface area contributed by atoms with E-state index in [2.05, 4.69) is 6.07 Å². The molecule has 0 aliphatic carbocycles. The summed E-state index contributed by atoms with van der Waals surface area (Å²) in [6.45, 7) is 2.59. The van der Waals surface area contributed by atoms with Gasteiger partial charge in [-0.25, -0.2) is 8.42 Å². The molecule has 1 aromatic rings. The van der Waals surface area contributed by atoms with Gasteiger partial charge in [0.15, 0.2) is 9.84 Å². The van der Waals surface area contributed by atoms with Gasteiger partial charge >= 0.3 is 0 Å². The van der Waals surface area contributed by atoms with Crippen LogP contribution in [0.5, 0.6) is 0 Å². The van der Waals surface area contributed by atoms with E-state index < -0.39 is 15.2 Å². The van der Waals surface area contributed by atoms with Crippen LogP contribution in [0.3, 0.4) is 0 Å². The predicted octanol–water partition coefficient (Wildman–Crippen LogP) is 1.79. The van der Waals surface area contributed by atoms with Crippen LogP contribution in [-0.4, -0.2) is 38.1 Å². The molecule has 1 aromatic carbocycles. The monoisotopic (exact) mass is 296 g/mol. The molecule has 1 atom stereocenters. The van der Waals surface area contributed by atoms with Crippen molar-refractivity contribution in [2.24, 2.45) is 0 Å². The van der Waals surface area contributed by atoms with Crippen LogP contribution < -0.4 is 4.90 Å². The van der Waals surface area contributed by atoms with E-state index in [1.807, 2.05) is 24.0 Å². The summed E-state index contributed by atoms with van der Waals surface area (Å²) in [5.74, 6) is 1.52. The zero-order chi connectivity index (χ0) is 14.0. The first-order valence-corrected chi connectivity index (χ1v) is 9.08. The number of aryl methyl sites for hydroxylation is 1. The molecular weight excluding hydrogens is 280 g/mol. The third kappa shape index (κ3) is 3.04. The van der Waals surface area contributed by atoms with Gasteiger partial charge in [0, 0.05) is 30.0 Å². The normalized spacial score (nSPS) is 20.1. The molecular formula is C13H16N2O2S2. The van der Waals surface area contributed by atoms with E-state index in [1.165, 1.54) is 6.26 Å². The Hall–Kier alpha value is -1.19. The van der Waals surface area contributed by atoms with Crippen LogP contribution >= 0.6 is 11.8 Å². The maximum atomic E-state index is 11.9. The van der Waals surface area contributed by atoms with Crippen LogP contribution in [0.15, 0.2) is 18.2 Å². The minimum atomic E-state index is -3.11. The first-order valence-electron chi connectivity index (χ1n) is 5.97. The third-order valence-electron chi connectivity index (χ3n) is 3.24. The Balaban J connectivity index is 2.39. The van der Waals surface area contributed by atoms with Gasteiger partial charge in [-0.15, -0.1) is 0 Å². The van der Waals surface area contributed by atoms with Gasteiger partial charge in [0.05, 0.1) is 11.6 Å². The molecule has 1 fully saturated rings. The lowest BCUT2D eigenvalue weighted by atomic mass is 10.1. The summed E-state index contributed by atoms with van der Waals surface area (Å²) in [7, 11) is -3.11. The Morgan fingerprint density at radius 3 is 2.79 bits per heavy atom. The number of rotatable bonds is 2. The number of nitriles is 1. The van der Waals surface area contributed by atoms with Crippen molar-refractivity contribution in [3.8, 4) is 6.07 Å². The van der Waals surface area contributed by atoms with Crippen LogP contribution in [0.1, 0.15) is 11.1 Å². The average molecular weight is 296 g/mol. The summed E-state index contributed by atoms with van der Waals surface area (Å²) in [4.78, 5) is 1.93. The highest BCUT2D eigenvalue weighted by atomic mass is 32.2. The van der Waals surface area contributed by atoms with Gasteiger partial charge in [0.2, 0.25) is 0 Å². The molecule has 102 valence electrons. The lowest BCUT2D eigenvalue weighted by molar-refractivity contribution is 0.584. The maximum Gasteiger partial charge on any atom is 0.169 e. The van der Waals surface area contributed by atoms with Crippen molar-refractivity contribution in [2.75, 3.05) is 29.2 Å². The van der Waals surface area contributed by atoms with Gasteiger partial charge in [0.1, 0.15) is 5.37 Å². The number of sulfone groups is 1. The van der Waals surface area contributed by atoms with Crippen LogP contribution in [0.4, 0.5) is 5.69 Å². The summed E-state index contributed by atoms with van der Waals surface area (Å²) in [5.41, 5.74) is 2.39. The second kappa shape index (κ2) is 5.43. The second-order valence-electron chi connectivity index (χ2n) is 4.66. The molecule has 1 aliphatic rings. The molecule has 1 aliphatic heterocycles. The number of nitrogens with zero attached hydrogens (tertiary/aromatic N) is 2. The zero-order valence-corrected chi connectivity index (χ0v) is 12.6. The molecule has 0 amide bonds. The summed E-state index contributed by atoms with van der Waals surface area (Å²) in [6, 6.07) is 7.61. The van der Waals surface area contributed by atoms with Gasteiger partial charge in [0.25, 0.3) is 0 Å². The topological polar surface area (TPSA) is 61.2 Å². The number of thioether (sulfide) groups is 1. The van der Waals surface area contributed by atoms with E-state index in [4.69, 9.17) is 5.26 Å². The van der Waals surface area contributed by atoms with E-state index >= 15 is 0 Å². The lowest BCUT2D eigenvalue weighted by Crippen LogP contribution is -2.47. The predicted molar refractivity (Wildman–Crippen MR) is 79.2 cm³/mol. The van der Waals surface area contributed by atoms with Crippen molar-refractivity contribution in [3.63, 3.8) is 0 Å². The Labute approximate surface area is 118 Å². The molecule has 0 bridgehead atoms. The standard InChI is InChI=1S/C13H16N2O2S2/c1-10-7-12(4-3-11(10)8-14)15-5-6-18-9-13(15)19(2,16)17/h3-4,7,13H,5-6,9H2,1-2H3. The first kappa shape index (κ1) is 14.2. The maximum absolute atomic E-state index is 11.9. The minimum absolute atomic E-state index is 0.474. The fourth-order valence-corrected chi connectivity index (χ4v) is 5.02. The average Bonchev–Trinajstić information content (AvgIpc) is 2.37. The van der Waals surface area contributed by atoms with E-state index in [9.17, 15) is 8.42 Å². The minimum Gasteiger partial charge on any atom is -0.353 e. The summed E-state index contributed by atoms with van der Waals surface area (Å²) < 4.78 is 23.7. The highest BCUT2D eigenvalue weighted by molar-refractivity contribution is 8.01. The smallest absolute Gasteiger partial charge is 0.169 e. The van der Waals surface area contributed by atoms with Crippen molar-refractivity contribution in [2.45, 2.75) is 12.3 Å². The van der Waals surface area contributed by atoms with Gasteiger partial charge in [-0.05, 0) is 30.7 Å². The van der Waals surface area contributed by atoms with Crippen molar-refractivity contribution < 1.29 is 8.42 Å². The van der Waals surface area contributed by atoms with E-state index in [0.29, 0.717) is 17.9 Å². The van der Waals surface area contributed by atoms with Gasteiger partial charge in [-0.2, -0.15) is 17.0 Å². The molecule has 0 radical (unpaired) electrons. The summed E-state index contributed by atoms with van der Waals surface area (Å²) >= 11 is 1.67. The Bertz CT molecular complexity index is 620. The second-order valence-corrected chi connectivity index (χ2v) is 8.02. The van der Waals surface area contributed by atoms with Crippen molar-refractivity contribution in [1.29, 1.82) is 5.26 Å². The van der Waals surface area contributed by atoms with Crippen molar-refractivity contribution >= 4 is 27.3 Å². The zero-order valence-electron chi connectivity index (χ0n) is 11.0. The molecule has 1 heterocycles. The fourth-order valence-electron chi connectivity index (χ4n) is 2.18. The molecule has 1 saturated heterocycles. The molecule has 4 nitrogen and oxygen atoms in total. The quantitative estimate of drug-likeness (QED) is 0.832. The van der Waals surface area contributed by atoms with Crippen molar-refractivity contribution in [3.05, 3.63) is 29.3 Å². The summed E-state index contributed by atoms with van der Waals surface area (Å²) in [5, 5.41) is 8.46. The molecule has 1 unspecified atom stereocenters. The molecule has 2 rings (SSSR count). The van der Waals surface area contributed by atoms with Crippen LogP contribution in [0, 0.1) is 18.3 Å². The number of hydrogen-bond donors (Lipinski definition) is 0. The van der Waals surface area contributed by atoms with Crippen LogP contribution in [-0.2, 0) is 9.84 Å². The summed E-state index contributed by atoms with van der Waals surface area (Å²) in [6.07, 6.45) is 1.28. The van der Waals surface area contributed by atoms with Gasteiger partial charge in [-0.1, -0.05) is 0 Å². The molecule has 19 heavy (non-hydrogen) atoms. The number of benzene rings is 1. The highest BCUT2D eigenvalue weighted by Crippen LogP contribution is 2.28. The molecule has 0 saturated carbocycles. The van der Waals surface area contributed by atoms with Crippen LogP contribution in [0.25, 0.3) is 0 Å². The van der Waals surface area contributed by atoms with Crippen LogP contribution in [0.2, 0.25) is 0 Å². The molecule has 0 N–H and O–H groups in total. The van der Waals surface area contributed by atoms with Gasteiger partial charge < -0.3 is 4.90 Å². The number of anilines is 1. The van der Waals surface area contributed by atoms with Crippen molar-refractivity contribution in [1.82, 2.24) is 0 Å². The number of hydrogen-bond acceptors (Lipinski definition) is 5. The Morgan fingerprint density at radius 2 is 2.21 bits per heavy atom. The first-order chi connectivity index (χ1) is 8.93. The fraction of sp³-hybridized carbons (Fsp3) is 0.462. The Kier molecular flexibility index (Phi) is 4.07. The molecule has 6 heteroatoms. The largest absolute Gasteiger partial charge is 0.353 e. The molecule has 0 spiro atoms. The van der Waals surface area contributed by atoms with E-state index in [-0.39, 0.29) is 0 Å². The SMILES string of the molecule is Cc1cc(N2CCSCC2S(C)(=O)=O)ccc1C#N. The third-order valence-corrected chi connectivity index (χ3v) is 5.88. The van der Waals surface area contributed by atoms with Gasteiger partial charge in [-0.3, -0.25) is 0 Å². The molecule has 0 aromatic heterocycles. The lowest BCUT2D eigenvalue weighted by Gasteiger charge is -2.36. The highest BCUT2D eigenvalue weighted by Gasteiger charge is 2.31. The Morgan fingerprint density at radius 1 is 1.47 bits per heavy atom. The van der Waals surface area contributed by atoms with E-state index in [1.54, 1.807) is 17.8 Å².